The number of allylic oxidation sites excluding steroid dienone is 8. The van der Waals surface area contributed by atoms with Gasteiger partial charge in [0, 0.05) is 128 Å². The zero-order chi connectivity index (χ0) is 89.6. The van der Waals surface area contributed by atoms with Crippen molar-refractivity contribution >= 4 is 66.7 Å². The van der Waals surface area contributed by atoms with E-state index in [4.69, 9.17) is 30.1 Å². The molecule has 16 heteroatoms. The van der Waals surface area contributed by atoms with Crippen LogP contribution < -0.4 is 0 Å². The smallest absolute Gasteiger partial charge is 0.164 e. The second-order valence-corrected chi connectivity index (χ2v) is 31.8. The number of pyridine rings is 4. The molecule has 4 N–H and O–H groups in total. The number of aromatic nitrogens is 4. The summed E-state index contributed by atoms with van der Waals surface area (Å²) in [5.41, 5.74) is 24.1. The molecule has 125 heavy (non-hydrogen) atoms. The van der Waals surface area contributed by atoms with E-state index in [1.807, 2.05) is 85.7 Å². The fraction of sp³-hybridized carbons (Fsp3) is 0.339. The van der Waals surface area contributed by atoms with Gasteiger partial charge in [0.15, 0.2) is 23.1 Å². The topological polar surface area (TPSA) is 201 Å². The molecule has 8 aromatic carbocycles. The molecule has 0 aliphatic carbocycles. The summed E-state index contributed by atoms with van der Waals surface area (Å²) in [6.45, 7) is 44.9. The van der Waals surface area contributed by atoms with E-state index in [0.717, 1.165) is 136 Å². The van der Waals surface area contributed by atoms with Crippen molar-refractivity contribution in [3.8, 4) is 45.0 Å². The molecule has 12 aromatic rings. The van der Waals surface area contributed by atoms with Gasteiger partial charge < -0.3 is 20.4 Å². The number of carbonyl (C=O) groups is 4. The summed E-state index contributed by atoms with van der Waals surface area (Å²) < 4.78 is 0. The van der Waals surface area contributed by atoms with Crippen LogP contribution in [0.2, 0.25) is 0 Å². The van der Waals surface area contributed by atoms with Gasteiger partial charge in [0.1, 0.15) is 5.76 Å². The molecule has 0 amide bonds. The van der Waals surface area contributed by atoms with Gasteiger partial charge in [-0.05, 0) is 197 Å². The van der Waals surface area contributed by atoms with E-state index in [1.54, 1.807) is 6.92 Å². The maximum absolute atomic E-state index is 12.1. The van der Waals surface area contributed by atoms with Crippen LogP contribution in [0.5, 0.6) is 0 Å². The molecule has 0 bridgehead atoms. The van der Waals surface area contributed by atoms with E-state index in [9.17, 15) is 29.4 Å². The van der Waals surface area contributed by atoms with Crippen molar-refractivity contribution in [2.24, 2.45) is 29.6 Å². The zero-order valence-corrected chi connectivity index (χ0v) is 87.0. The minimum Gasteiger partial charge on any atom is -0.512 e. The van der Waals surface area contributed by atoms with E-state index in [2.05, 4.69) is 251 Å². The van der Waals surface area contributed by atoms with Crippen LogP contribution in [-0.2, 0) is 106 Å². The maximum Gasteiger partial charge on any atom is 0.164 e. The second-order valence-electron chi connectivity index (χ2n) is 31.8. The van der Waals surface area contributed by atoms with Gasteiger partial charge in [0.2, 0.25) is 0 Å². The predicted octanol–water partition coefficient (Wildman–Crippen LogP) is 28.7. The number of aliphatic hydroxyl groups is 4. The van der Waals surface area contributed by atoms with Crippen molar-refractivity contribution in [2.75, 3.05) is 0 Å². The Morgan fingerprint density at radius 1 is 0.352 bits per heavy atom. The van der Waals surface area contributed by atoms with Crippen LogP contribution in [0, 0.1) is 109 Å². The van der Waals surface area contributed by atoms with Gasteiger partial charge in [-0.15, -0.1) is 141 Å². The Balaban J connectivity index is 0.000000725. The van der Waals surface area contributed by atoms with Crippen LogP contribution in [0.25, 0.3) is 88.6 Å². The average molecular weight is 2390 g/mol. The maximum atomic E-state index is 12.1. The summed E-state index contributed by atoms with van der Waals surface area (Å²) in [5, 5.41) is 41.3. The van der Waals surface area contributed by atoms with E-state index in [-0.39, 0.29) is 145 Å². The van der Waals surface area contributed by atoms with Gasteiger partial charge in [0.05, 0.1) is 39.3 Å². The Bertz CT molecular complexity index is 5330. The van der Waals surface area contributed by atoms with Crippen molar-refractivity contribution in [1.82, 2.24) is 19.9 Å². The van der Waals surface area contributed by atoms with Gasteiger partial charge in [-0.2, -0.15) is 0 Å². The van der Waals surface area contributed by atoms with Crippen molar-refractivity contribution in [3.05, 3.63) is 309 Å². The summed E-state index contributed by atoms with van der Waals surface area (Å²) in [6, 6.07) is 78.3. The number of carbonyl (C=O) groups excluding carboxylic acids is 4. The number of aliphatic hydroxyl groups excluding tert-OH is 4. The molecule has 12 nitrogen and oxygen atoms in total. The molecular weight excluding hydrogens is 2260 g/mol. The Kier molecular flexibility index (Phi) is 53.7. The molecule has 0 spiro atoms. The fourth-order valence-corrected chi connectivity index (χ4v) is 13.8. The minimum absolute atomic E-state index is 0. The number of aryl methyl sites for hydroxylation is 8. The van der Waals surface area contributed by atoms with Gasteiger partial charge in [0.25, 0.3) is 0 Å². The molecule has 0 unspecified atom stereocenters. The molecule has 0 saturated heterocycles. The van der Waals surface area contributed by atoms with Gasteiger partial charge in [-0.25, -0.2) is 0 Å². The third-order valence-corrected chi connectivity index (χ3v) is 20.4. The molecule has 12 rings (SSSR count). The van der Waals surface area contributed by atoms with Crippen molar-refractivity contribution in [2.45, 2.75) is 217 Å². The first-order valence-electron chi connectivity index (χ1n) is 42.7. The molecule has 674 valence electrons. The van der Waals surface area contributed by atoms with Crippen LogP contribution in [0.4, 0.5) is 0 Å². The number of rotatable bonds is 22. The zero-order valence-electron chi connectivity index (χ0n) is 77.4. The summed E-state index contributed by atoms with van der Waals surface area (Å²) in [7, 11) is 0. The molecule has 0 saturated carbocycles. The number of benzene rings is 8. The molecule has 0 aliphatic rings. The van der Waals surface area contributed by atoms with Crippen LogP contribution >= 0.6 is 0 Å². The minimum atomic E-state index is -0.125. The number of Topliss-reactive ketones (excluding diaryl/α,β-unsaturated/α-hetero) is 1. The first-order chi connectivity index (χ1) is 57.5. The summed E-state index contributed by atoms with van der Waals surface area (Å²) in [4.78, 5) is 62.8. The molecule has 0 fully saturated rings. The quantitative estimate of drug-likeness (QED) is 0.0285. The predicted molar refractivity (Wildman–Crippen MR) is 507 cm³/mol. The average Bonchev–Trinajstić information content (AvgIpc) is 0.820. The van der Waals surface area contributed by atoms with E-state index < -0.39 is 0 Å². The second kappa shape index (κ2) is 59.0. The SMILES string of the molecule is CC(=O)C=C(C)O.CC(=O)C=C(C)O.CCC(CC)C(=O)C(C)=C(O)C(CC)CC.CCC(CC)C(=O)C=C(O)C(CC)CC.Cc1[c-]c(-c2ccc3ccc(CC(C)C)cc3n2)cc(C)c1.Cc1[c-]c(-c2ccc3ccccc3n2)cc(C)c1.Cc1cc[c-]c(-c2ccc3ccc(C)cc3n2)c1.Cc1cc[c-]c(-c2ccc3ccc(C)cc3n2)c1.[Ir].[Ir].[Ir].[Ir]. The van der Waals surface area contributed by atoms with Gasteiger partial charge >= 0.3 is 0 Å². The first-order valence-corrected chi connectivity index (χ1v) is 42.7. The third kappa shape index (κ3) is 39.3. The van der Waals surface area contributed by atoms with Gasteiger partial charge in [-0.1, -0.05) is 214 Å². The number of para-hydroxylation sites is 1. The fourth-order valence-electron chi connectivity index (χ4n) is 13.8. The summed E-state index contributed by atoms with van der Waals surface area (Å²) in [6.07, 6.45) is 11.8. The molecular formula is C109H130Ir4N4O8-4. The molecule has 4 radical (unpaired) electrons. The van der Waals surface area contributed by atoms with Crippen LogP contribution in [0.15, 0.2) is 235 Å². The third-order valence-electron chi connectivity index (χ3n) is 20.4. The number of fused-ring (bicyclic) bond motifs is 4. The largest absolute Gasteiger partial charge is 0.512 e. The van der Waals surface area contributed by atoms with Crippen LogP contribution in [0.1, 0.15) is 205 Å². The van der Waals surface area contributed by atoms with Crippen LogP contribution in [-0.4, -0.2) is 63.5 Å². The van der Waals surface area contributed by atoms with E-state index in [0.29, 0.717) is 17.3 Å². The summed E-state index contributed by atoms with van der Waals surface area (Å²) in [5.74, 6) is 1.71. The van der Waals surface area contributed by atoms with E-state index in [1.165, 1.54) is 106 Å². The van der Waals surface area contributed by atoms with Crippen molar-refractivity contribution in [1.29, 1.82) is 0 Å². The van der Waals surface area contributed by atoms with E-state index >= 15 is 0 Å². The monoisotopic (exact) mass is 2390 g/mol. The Hall–Kier alpha value is -9.16. The Morgan fingerprint density at radius 2 is 0.688 bits per heavy atom. The number of nitrogens with zero attached hydrogens (tertiary/aromatic N) is 4. The normalized spacial score (nSPS) is 11.1. The standard InChI is InChI=1S/C21H22N.3C17H14N.C14H26O2.C13H24O2.2C5H8O2.4Ir/c1-14(2)9-17-5-6-18-7-8-20(22-21(18)13-17)19-11-15(3)10-16(4)12-19;2*1-12-4-3-5-15(10-12)16-9-8-14-7-6-13(2)11-17(14)18-16;1-12-9-13(2)11-15(10-12)17-8-7-14-5-3-4-6-16(14)18-17;1-6-11(7-2)13(15)10(5)14(16)12(8-3)9-4;1-5-10(6-2)12(14)9-13(15)11(7-3)8-4;2*1-4(6)3-5(2)7;;;;/h5-8,10-11,13-14H,9H2,1-4H3;2*3-4,6-11H,1-2H3;3-10H,1-2H3;11-12,15H,6-9H2,1-5H3;9-11,14H,5-8H2,1-4H3;2*3,6H,1-2H3;;;;/q4*-1;;;;;;;;. The van der Waals surface area contributed by atoms with Crippen molar-refractivity contribution < 1.29 is 120 Å². The molecule has 4 aromatic heterocycles. The summed E-state index contributed by atoms with van der Waals surface area (Å²) >= 11 is 0. The molecule has 4 heterocycles. The molecule has 0 atom stereocenters. The van der Waals surface area contributed by atoms with Crippen molar-refractivity contribution in [3.63, 3.8) is 0 Å². The Morgan fingerprint density at radius 3 is 1.04 bits per heavy atom. The first kappa shape index (κ1) is 114. The number of hydrogen-bond acceptors (Lipinski definition) is 12. The molecule has 0 aliphatic heterocycles. The van der Waals surface area contributed by atoms with Crippen LogP contribution in [0.3, 0.4) is 0 Å². The Labute approximate surface area is 800 Å². The number of ketones is 4. The van der Waals surface area contributed by atoms with Gasteiger partial charge in [-0.3, -0.25) is 39.1 Å². The number of hydrogen-bond donors (Lipinski definition) is 4.